The van der Waals surface area contributed by atoms with E-state index in [1.54, 1.807) is 18.2 Å². The van der Waals surface area contributed by atoms with Crippen molar-refractivity contribution in [2.75, 3.05) is 0 Å². The van der Waals surface area contributed by atoms with Crippen molar-refractivity contribution < 1.29 is 14.6 Å². The number of aromatic nitrogens is 2. The Bertz CT molecular complexity index is 833. The maximum Gasteiger partial charge on any atom is 0.141 e. The van der Waals surface area contributed by atoms with Crippen LogP contribution in [0.4, 0.5) is 4.39 Å². The van der Waals surface area contributed by atoms with Crippen molar-refractivity contribution in [3.05, 3.63) is 42.2 Å². The first-order chi connectivity index (χ1) is 10.1. The Morgan fingerprint density at radius 3 is 2.43 bits per heavy atom. The van der Waals surface area contributed by atoms with Crippen LogP contribution in [-0.2, 0) is 0 Å². The van der Waals surface area contributed by atoms with Crippen LogP contribution in [0.2, 0.25) is 0 Å². The van der Waals surface area contributed by atoms with E-state index in [4.69, 9.17) is 0 Å². The molecule has 4 nitrogen and oxygen atoms in total. The van der Waals surface area contributed by atoms with E-state index >= 15 is 0 Å². The Morgan fingerprint density at radius 1 is 1.05 bits per heavy atom. The molecule has 3 aromatic rings. The summed E-state index contributed by atoms with van der Waals surface area (Å²) in [4.78, 5) is 4.49. The predicted molar refractivity (Wildman–Crippen MR) is 76.7 cm³/mol. The Kier molecular flexibility index (Phi) is 2.45. The van der Waals surface area contributed by atoms with Crippen LogP contribution in [0.1, 0.15) is 18.9 Å². The molecule has 1 fully saturated rings. The van der Waals surface area contributed by atoms with Crippen molar-refractivity contribution in [1.29, 1.82) is 0 Å². The molecule has 0 aliphatic heterocycles. The fourth-order valence-electron chi connectivity index (χ4n) is 2.70. The van der Waals surface area contributed by atoms with Crippen molar-refractivity contribution in [3.63, 3.8) is 0 Å². The van der Waals surface area contributed by atoms with Crippen LogP contribution in [-0.4, -0.2) is 19.8 Å². The molecule has 1 aliphatic carbocycles. The zero-order valence-corrected chi connectivity index (χ0v) is 11.1. The number of hydrogen-bond acceptors (Lipinski definition) is 3. The fourth-order valence-corrected chi connectivity index (χ4v) is 2.70. The van der Waals surface area contributed by atoms with E-state index in [0.717, 1.165) is 18.4 Å². The predicted octanol–water partition coefficient (Wildman–Crippen LogP) is 3.59. The van der Waals surface area contributed by atoms with E-state index in [1.807, 2.05) is 0 Å². The highest BCUT2D eigenvalue weighted by Crippen LogP contribution is 2.42. The van der Waals surface area contributed by atoms with Crippen molar-refractivity contribution in [3.8, 4) is 22.9 Å². The van der Waals surface area contributed by atoms with Crippen molar-refractivity contribution in [2.45, 2.75) is 18.9 Å². The van der Waals surface area contributed by atoms with Gasteiger partial charge in [0.15, 0.2) is 0 Å². The van der Waals surface area contributed by atoms with Gasteiger partial charge in [-0.3, -0.25) is 0 Å². The molecule has 0 bridgehead atoms. The van der Waals surface area contributed by atoms with Gasteiger partial charge in [0.25, 0.3) is 0 Å². The summed E-state index contributed by atoms with van der Waals surface area (Å²) in [6.07, 6.45) is 2.11. The van der Waals surface area contributed by atoms with E-state index in [0.29, 0.717) is 22.9 Å². The van der Waals surface area contributed by atoms with Gasteiger partial charge in [-0.1, -0.05) is 0 Å². The third-order valence-electron chi connectivity index (χ3n) is 3.72. The SMILES string of the molecule is Oc1cc(O)cc(-c2nc3cc(F)ccc3n2C2CC2)c1. The molecule has 0 unspecified atom stereocenters. The van der Waals surface area contributed by atoms with E-state index in [-0.39, 0.29) is 17.3 Å². The largest absolute Gasteiger partial charge is 0.508 e. The molecule has 0 spiro atoms. The average molecular weight is 284 g/mol. The summed E-state index contributed by atoms with van der Waals surface area (Å²) >= 11 is 0. The van der Waals surface area contributed by atoms with Crippen LogP contribution in [0.25, 0.3) is 22.4 Å². The van der Waals surface area contributed by atoms with E-state index < -0.39 is 0 Å². The van der Waals surface area contributed by atoms with Gasteiger partial charge in [0, 0.05) is 23.7 Å². The third-order valence-corrected chi connectivity index (χ3v) is 3.72. The zero-order valence-electron chi connectivity index (χ0n) is 11.1. The van der Waals surface area contributed by atoms with Gasteiger partial charge in [0.05, 0.1) is 11.0 Å². The molecular formula is C16H13FN2O2. The first-order valence-electron chi connectivity index (χ1n) is 6.83. The molecule has 106 valence electrons. The second-order valence-electron chi connectivity index (χ2n) is 5.41. The van der Waals surface area contributed by atoms with Gasteiger partial charge in [-0.15, -0.1) is 0 Å². The summed E-state index contributed by atoms with van der Waals surface area (Å²) in [6, 6.07) is 9.27. The molecule has 1 aromatic heterocycles. The van der Waals surface area contributed by atoms with E-state index in [2.05, 4.69) is 9.55 Å². The van der Waals surface area contributed by atoms with Gasteiger partial charge in [-0.2, -0.15) is 0 Å². The smallest absolute Gasteiger partial charge is 0.141 e. The monoisotopic (exact) mass is 284 g/mol. The van der Waals surface area contributed by atoms with Crippen LogP contribution in [0.15, 0.2) is 36.4 Å². The average Bonchev–Trinajstić information content (AvgIpc) is 3.18. The van der Waals surface area contributed by atoms with Crippen LogP contribution in [0.5, 0.6) is 11.5 Å². The maximum atomic E-state index is 13.4. The summed E-state index contributed by atoms with van der Waals surface area (Å²) in [7, 11) is 0. The lowest BCUT2D eigenvalue weighted by molar-refractivity contribution is 0.451. The molecule has 0 atom stereocenters. The molecular weight excluding hydrogens is 271 g/mol. The fraction of sp³-hybridized carbons (Fsp3) is 0.188. The Labute approximate surface area is 120 Å². The minimum absolute atomic E-state index is 0.0226. The highest BCUT2D eigenvalue weighted by atomic mass is 19.1. The van der Waals surface area contributed by atoms with Crippen LogP contribution in [0, 0.1) is 5.82 Å². The molecule has 0 amide bonds. The summed E-state index contributed by atoms with van der Waals surface area (Å²) in [5, 5.41) is 19.3. The molecule has 1 heterocycles. The molecule has 21 heavy (non-hydrogen) atoms. The number of fused-ring (bicyclic) bond motifs is 1. The van der Waals surface area contributed by atoms with Gasteiger partial charge >= 0.3 is 0 Å². The molecule has 0 saturated heterocycles. The summed E-state index contributed by atoms with van der Waals surface area (Å²) in [5.41, 5.74) is 2.08. The van der Waals surface area contributed by atoms with Gasteiger partial charge in [-0.05, 0) is 37.1 Å². The van der Waals surface area contributed by atoms with Crippen molar-refractivity contribution >= 4 is 11.0 Å². The van der Waals surface area contributed by atoms with Gasteiger partial charge < -0.3 is 14.8 Å². The van der Waals surface area contributed by atoms with Crippen LogP contribution in [0.3, 0.4) is 0 Å². The lowest BCUT2D eigenvalue weighted by Crippen LogP contribution is -1.97. The maximum absolute atomic E-state index is 13.4. The Morgan fingerprint density at radius 2 is 1.76 bits per heavy atom. The topological polar surface area (TPSA) is 58.3 Å². The lowest BCUT2D eigenvalue weighted by atomic mass is 10.2. The highest BCUT2D eigenvalue weighted by Gasteiger charge is 2.29. The number of hydrogen-bond donors (Lipinski definition) is 2. The number of imidazole rings is 1. The number of aromatic hydroxyl groups is 2. The second kappa shape index (κ2) is 4.22. The Balaban J connectivity index is 2.00. The number of benzene rings is 2. The van der Waals surface area contributed by atoms with Crippen molar-refractivity contribution in [1.82, 2.24) is 9.55 Å². The number of nitrogens with zero attached hydrogens (tertiary/aromatic N) is 2. The van der Waals surface area contributed by atoms with E-state index in [9.17, 15) is 14.6 Å². The second-order valence-corrected chi connectivity index (χ2v) is 5.41. The number of halogens is 1. The molecule has 0 radical (unpaired) electrons. The van der Waals surface area contributed by atoms with Crippen molar-refractivity contribution in [2.24, 2.45) is 0 Å². The molecule has 1 aliphatic rings. The third kappa shape index (κ3) is 2.01. The minimum atomic E-state index is -0.326. The quantitative estimate of drug-likeness (QED) is 0.756. The Hall–Kier alpha value is -2.56. The molecule has 2 aromatic carbocycles. The number of rotatable bonds is 2. The van der Waals surface area contributed by atoms with Gasteiger partial charge in [0.2, 0.25) is 0 Å². The minimum Gasteiger partial charge on any atom is -0.508 e. The lowest BCUT2D eigenvalue weighted by Gasteiger charge is -2.08. The normalized spacial score (nSPS) is 14.7. The molecule has 5 heteroatoms. The molecule has 4 rings (SSSR count). The molecule has 1 saturated carbocycles. The van der Waals surface area contributed by atoms with Gasteiger partial charge in [-0.25, -0.2) is 9.37 Å². The first kappa shape index (κ1) is 12.2. The standard InChI is InChI=1S/C16H13FN2O2/c17-10-1-4-15-14(7-10)18-16(19(15)11-2-3-11)9-5-12(20)8-13(21)6-9/h1,4-8,11,20-21H,2-3H2. The zero-order chi connectivity index (χ0) is 14.6. The van der Waals surface area contributed by atoms with Crippen LogP contribution >= 0.6 is 0 Å². The van der Waals surface area contributed by atoms with Crippen LogP contribution < -0.4 is 0 Å². The number of phenolic OH excluding ortho intramolecular Hbond substituents is 2. The van der Waals surface area contributed by atoms with E-state index in [1.165, 1.54) is 18.2 Å². The van der Waals surface area contributed by atoms with Gasteiger partial charge in [0.1, 0.15) is 23.1 Å². The summed E-state index contributed by atoms with van der Waals surface area (Å²) in [5.74, 6) is 0.272. The molecule has 2 N–H and O–H groups in total. The first-order valence-corrected chi connectivity index (χ1v) is 6.83. The highest BCUT2D eigenvalue weighted by molar-refractivity contribution is 5.81. The summed E-state index contributed by atoms with van der Waals surface area (Å²) < 4.78 is 15.5. The number of phenols is 2. The summed E-state index contributed by atoms with van der Waals surface area (Å²) in [6.45, 7) is 0.